The summed E-state index contributed by atoms with van der Waals surface area (Å²) >= 11 is 3.38. The van der Waals surface area contributed by atoms with Crippen molar-refractivity contribution in [3.63, 3.8) is 0 Å². The summed E-state index contributed by atoms with van der Waals surface area (Å²) in [6, 6.07) is 7.29. The Morgan fingerprint density at radius 2 is 1.95 bits per heavy atom. The maximum atomic E-state index is 12.4. The second kappa shape index (κ2) is 5.52. The number of benzene rings is 1. The fraction of sp³-hybridized carbons (Fsp3) is 0.333. The number of rotatable bonds is 2. The van der Waals surface area contributed by atoms with Gasteiger partial charge in [0.15, 0.2) is 5.76 Å². The quantitative estimate of drug-likeness (QED) is 0.902. The van der Waals surface area contributed by atoms with Crippen molar-refractivity contribution in [2.45, 2.75) is 12.8 Å². The van der Waals surface area contributed by atoms with Crippen LogP contribution in [-0.4, -0.2) is 35.0 Å². The molecule has 1 aromatic heterocycles. The van der Waals surface area contributed by atoms with Gasteiger partial charge in [-0.1, -0.05) is 15.9 Å². The number of carboxylic acid groups (broad SMARTS) is 1. The third kappa shape index (κ3) is 2.81. The van der Waals surface area contributed by atoms with E-state index in [2.05, 4.69) is 15.9 Å². The fourth-order valence-corrected chi connectivity index (χ4v) is 2.98. The molecular formula is C15H14BrNO4. The summed E-state index contributed by atoms with van der Waals surface area (Å²) < 4.78 is 6.51. The maximum absolute atomic E-state index is 12.4. The van der Waals surface area contributed by atoms with Crippen LogP contribution in [0.5, 0.6) is 0 Å². The van der Waals surface area contributed by atoms with Gasteiger partial charge < -0.3 is 14.4 Å². The average Bonchev–Trinajstić information content (AvgIpc) is 2.89. The second-order valence-electron chi connectivity index (χ2n) is 5.20. The molecule has 110 valence electrons. The summed E-state index contributed by atoms with van der Waals surface area (Å²) in [6.45, 7) is 0.910. The molecule has 0 aliphatic carbocycles. The summed E-state index contributed by atoms with van der Waals surface area (Å²) in [5.41, 5.74) is 0.668. The van der Waals surface area contributed by atoms with Gasteiger partial charge in [0.1, 0.15) is 5.58 Å². The second-order valence-corrected chi connectivity index (χ2v) is 6.11. The van der Waals surface area contributed by atoms with Crippen LogP contribution in [0.1, 0.15) is 23.4 Å². The molecule has 1 fully saturated rings. The number of halogens is 1. The van der Waals surface area contributed by atoms with E-state index in [1.54, 1.807) is 11.0 Å². The Bertz CT molecular complexity index is 701. The molecule has 6 heteroatoms. The van der Waals surface area contributed by atoms with Crippen molar-refractivity contribution >= 4 is 38.8 Å². The molecule has 1 aliphatic heterocycles. The van der Waals surface area contributed by atoms with Crippen molar-refractivity contribution in [3.05, 3.63) is 34.5 Å². The number of furan rings is 1. The van der Waals surface area contributed by atoms with Gasteiger partial charge in [-0.05, 0) is 37.1 Å². The zero-order valence-corrected chi connectivity index (χ0v) is 12.8. The van der Waals surface area contributed by atoms with Crippen LogP contribution >= 0.6 is 15.9 Å². The molecule has 0 spiro atoms. The van der Waals surface area contributed by atoms with Gasteiger partial charge in [-0.3, -0.25) is 9.59 Å². The predicted octanol–water partition coefficient (Wildman–Crippen LogP) is 3.13. The third-order valence-corrected chi connectivity index (χ3v) is 4.31. The summed E-state index contributed by atoms with van der Waals surface area (Å²) in [6.07, 6.45) is 0.986. The number of aliphatic carboxylic acids is 1. The van der Waals surface area contributed by atoms with Gasteiger partial charge in [0.2, 0.25) is 0 Å². The predicted molar refractivity (Wildman–Crippen MR) is 80.2 cm³/mol. The van der Waals surface area contributed by atoms with Gasteiger partial charge in [0, 0.05) is 22.9 Å². The highest BCUT2D eigenvalue weighted by Crippen LogP contribution is 2.25. The van der Waals surface area contributed by atoms with Gasteiger partial charge in [-0.25, -0.2) is 0 Å². The van der Waals surface area contributed by atoms with E-state index in [-0.39, 0.29) is 11.8 Å². The van der Waals surface area contributed by atoms with Gasteiger partial charge in [-0.15, -0.1) is 0 Å². The van der Waals surface area contributed by atoms with Crippen LogP contribution in [0.25, 0.3) is 11.0 Å². The lowest BCUT2D eigenvalue weighted by Crippen LogP contribution is -2.40. The van der Waals surface area contributed by atoms with Crippen LogP contribution in [-0.2, 0) is 4.79 Å². The van der Waals surface area contributed by atoms with Crippen molar-refractivity contribution in [1.82, 2.24) is 4.90 Å². The van der Waals surface area contributed by atoms with E-state index in [9.17, 15) is 9.59 Å². The lowest BCUT2D eigenvalue weighted by atomic mass is 9.97. The van der Waals surface area contributed by atoms with Crippen LogP contribution < -0.4 is 0 Å². The van der Waals surface area contributed by atoms with E-state index in [0.29, 0.717) is 37.3 Å². The SMILES string of the molecule is O=C(O)C1CCN(C(=O)c2cc3cc(Br)ccc3o2)CC1. The summed E-state index contributed by atoms with van der Waals surface area (Å²) in [4.78, 5) is 25.0. The summed E-state index contributed by atoms with van der Waals surface area (Å²) in [5, 5.41) is 9.84. The van der Waals surface area contributed by atoms with Gasteiger partial charge >= 0.3 is 5.97 Å². The van der Waals surface area contributed by atoms with Crippen molar-refractivity contribution in [2.24, 2.45) is 5.92 Å². The Labute approximate surface area is 129 Å². The monoisotopic (exact) mass is 351 g/mol. The first kappa shape index (κ1) is 14.1. The number of likely N-dealkylation sites (tertiary alicyclic amines) is 1. The fourth-order valence-electron chi connectivity index (χ4n) is 2.60. The minimum Gasteiger partial charge on any atom is -0.481 e. The van der Waals surface area contributed by atoms with E-state index in [1.807, 2.05) is 18.2 Å². The van der Waals surface area contributed by atoms with Crippen molar-refractivity contribution < 1.29 is 19.1 Å². The van der Waals surface area contributed by atoms with Crippen molar-refractivity contribution in [1.29, 1.82) is 0 Å². The van der Waals surface area contributed by atoms with Gasteiger partial charge in [0.05, 0.1) is 5.92 Å². The lowest BCUT2D eigenvalue weighted by Gasteiger charge is -2.29. The molecule has 3 rings (SSSR count). The zero-order chi connectivity index (χ0) is 15.0. The van der Waals surface area contributed by atoms with Crippen LogP contribution in [0, 0.1) is 5.92 Å². The molecule has 21 heavy (non-hydrogen) atoms. The Morgan fingerprint density at radius 1 is 1.24 bits per heavy atom. The Hall–Kier alpha value is -1.82. The first-order chi connectivity index (χ1) is 10.0. The summed E-state index contributed by atoms with van der Waals surface area (Å²) in [5.74, 6) is -1.00. The Balaban J connectivity index is 1.76. The standard InChI is InChI=1S/C15H14BrNO4/c16-11-1-2-12-10(7-11)8-13(21-12)14(18)17-5-3-9(4-6-17)15(19)20/h1-2,7-9H,3-6H2,(H,19,20). The number of carboxylic acids is 1. The minimum absolute atomic E-state index is 0.175. The maximum Gasteiger partial charge on any atom is 0.306 e. The average molecular weight is 352 g/mol. The lowest BCUT2D eigenvalue weighted by molar-refractivity contribution is -0.143. The molecule has 0 radical (unpaired) electrons. The van der Waals surface area contributed by atoms with Gasteiger partial charge in [0.25, 0.3) is 5.91 Å². The van der Waals surface area contributed by atoms with Crippen LogP contribution in [0.3, 0.4) is 0 Å². The van der Waals surface area contributed by atoms with E-state index in [0.717, 1.165) is 9.86 Å². The van der Waals surface area contributed by atoms with E-state index >= 15 is 0 Å². The highest BCUT2D eigenvalue weighted by atomic mass is 79.9. The van der Waals surface area contributed by atoms with Crippen molar-refractivity contribution in [3.8, 4) is 0 Å². The first-order valence-electron chi connectivity index (χ1n) is 6.76. The first-order valence-corrected chi connectivity index (χ1v) is 7.55. The molecule has 1 saturated heterocycles. The minimum atomic E-state index is -0.782. The Morgan fingerprint density at radius 3 is 2.62 bits per heavy atom. The molecule has 2 aromatic rings. The topological polar surface area (TPSA) is 70.8 Å². The number of amides is 1. The molecule has 0 bridgehead atoms. The number of nitrogens with zero attached hydrogens (tertiary/aromatic N) is 1. The van der Waals surface area contributed by atoms with E-state index in [4.69, 9.17) is 9.52 Å². The third-order valence-electron chi connectivity index (χ3n) is 3.82. The molecule has 1 amide bonds. The Kier molecular flexibility index (Phi) is 3.71. The molecule has 0 atom stereocenters. The van der Waals surface area contributed by atoms with Crippen molar-refractivity contribution in [2.75, 3.05) is 13.1 Å². The number of fused-ring (bicyclic) bond motifs is 1. The van der Waals surface area contributed by atoms with E-state index < -0.39 is 5.97 Å². The molecule has 1 aromatic carbocycles. The smallest absolute Gasteiger partial charge is 0.306 e. The molecule has 2 heterocycles. The molecule has 5 nitrogen and oxygen atoms in total. The largest absolute Gasteiger partial charge is 0.481 e. The highest BCUT2D eigenvalue weighted by molar-refractivity contribution is 9.10. The van der Waals surface area contributed by atoms with Crippen LogP contribution in [0.15, 0.2) is 33.2 Å². The van der Waals surface area contributed by atoms with Gasteiger partial charge in [-0.2, -0.15) is 0 Å². The van der Waals surface area contributed by atoms with Crippen LogP contribution in [0.2, 0.25) is 0 Å². The zero-order valence-electron chi connectivity index (χ0n) is 11.2. The number of hydrogen-bond donors (Lipinski definition) is 1. The normalized spacial score (nSPS) is 16.3. The molecule has 0 saturated carbocycles. The molecule has 1 aliphatic rings. The molecular weight excluding hydrogens is 338 g/mol. The van der Waals surface area contributed by atoms with Crippen LogP contribution in [0.4, 0.5) is 0 Å². The number of carbonyl (C=O) groups is 2. The molecule has 0 unspecified atom stereocenters. The molecule has 1 N–H and O–H groups in total. The number of carbonyl (C=O) groups excluding carboxylic acids is 1. The highest BCUT2D eigenvalue weighted by Gasteiger charge is 2.28. The number of piperidine rings is 1. The summed E-state index contributed by atoms with van der Waals surface area (Å²) in [7, 11) is 0. The van der Waals surface area contributed by atoms with E-state index in [1.165, 1.54) is 0 Å². The number of hydrogen-bond acceptors (Lipinski definition) is 3.